The van der Waals surface area contributed by atoms with Gasteiger partial charge in [0.15, 0.2) is 12.4 Å². The average molecular weight is 604 g/mol. The van der Waals surface area contributed by atoms with Crippen LogP contribution >= 0.6 is 63.7 Å². The monoisotopic (exact) mass is 600 g/mol. The number of nitrogens with one attached hydrogen (secondary N) is 1. The van der Waals surface area contributed by atoms with E-state index >= 15 is 0 Å². The molecule has 3 rings (SSSR count). The van der Waals surface area contributed by atoms with Gasteiger partial charge >= 0.3 is 0 Å². The van der Waals surface area contributed by atoms with Crippen LogP contribution in [0.2, 0.25) is 0 Å². The Hall–Kier alpha value is 0.410. The minimum absolute atomic E-state index is 0. The van der Waals surface area contributed by atoms with Gasteiger partial charge in [0.1, 0.15) is 6.54 Å². The zero-order valence-electron chi connectivity index (χ0n) is 13.3. The zero-order chi connectivity index (χ0) is 16.7. The van der Waals surface area contributed by atoms with Crippen LogP contribution in [0.3, 0.4) is 0 Å². The Morgan fingerprint density at radius 3 is 1.79 bits per heavy atom. The van der Waals surface area contributed by atoms with Crippen molar-refractivity contribution in [2.45, 2.75) is 13.8 Å². The molecule has 1 aliphatic rings. The maximum Gasteiger partial charge on any atom is 0.161 e. The van der Waals surface area contributed by atoms with Crippen LogP contribution in [0.1, 0.15) is 11.1 Å². The van der Waals surface area contributed by atoms with Crippen LogP contribution in [-0.4, -0.2) is 19.8 Å². The van der Waals surface area contributed by atoms with Crippen molar-refractivity contribution in [3.05, 3.63) is 53.3 Å². The number of hydrogen-bond acceptors (Lipinski definition) is 1. The zero-order valence-corrected chi connectivity index (χ0v) is 20.4. The lowest BCUT2D eigenvalue weighted by Gasteiger charge is -2.21. The molecule has 2 nitrogen and oxygen atoms in total. The van der Waals surface area contributed by atoms with E-state index in [-0.39, 0.29) is 12.4 Å². The standard InChI is InChI=1S/C17H16Br4N2.ClH/c1-10-5-12(18)16(13(19)6-10)22-3-4-23(9-22)17-14(20)7-11(2)8-15(17)21;/h5-8H,3-4,9H2,1-2H3;1H. The third kappa shape index (κ3) is 4.21. The molecule has 1 saturated heterocycles. The molecule has 0 bridgehead atoms. The van der Waals surface area contributed by atoms with E-state index in [2.05, 4.69) is 107 Å². The van der Waals surface area contributed by atoms with Crippen molar-refractivity contribution < 1.29 is 17.3 Å². The largest absolute Gasteiger partial charge is 1.00 e. The van der Waals surface area contributed by atoms with Crippen LogP contribution in [-0.2, 0) is 0 Å². The SMILES string of the molecule is Cc1cc(Br)c(N2CC[NH+](c3c(Br)cc(C)cc3Br)C2)c(Br)c1.[Cl-]. The maximum atomic E-state index is 3.73. The van der Waals surface area contributed by atoms with E-state index in [4.69, 9.17) is 0 Å². The van der Waals surface area contributed by atoms with Crippen molar-refractivity contribution in [2.75, 3.05) is 24.7 Å². The fraction of sp³-hybridized carbons (Fsp3) is 0.294. The topological polar surface area (TPSA) is 7.68 Å². The second-order valence-electron chi connectivity index (χ2n) is 5.96. The molecule has 2 aromatic carbocycles. The predicted molar refractivity (Wildman–Crippen MR) is 111 cm³/mol. The Kier molecular flexibility index (Phi) is 7.25. The first-order valence-corrected chi connectivity index (χ1v) is 10.6. The van der Waals surface area contributed by atoms with Crippen LogP contribution < -0.4 is 22.2 Å². The van der Waals surface area contributed by atoms with Crippen molar-refractivity contribution in [3.63, 3.8) is 0 Å². The second kappa shape index (κ2) is 8.40. The molecule has 1 heterocycles. The third-order valence-electron chi connectivity index (χ3n) is 4.08. The Balaban J connectivity index is 0.00000208. The van der Waals surface area contributed by atoms with Gasteiger partial charge in [-0.1, -0.05) is 0 Å². The van der Waals surface area contributed by atoms with Crippen molar-refractivity contribution >= 4 is 75.1 Å². The summed E-state index contributed by atoms with van der Waals surface area (Å²) in [6.07, 6.45) is 0. The molecule has 1 unspecified atom stereocenters. The number of rotatable bonds is 2. The van der Waals surface area contributed by atoms with Gasteiger partial charge in [-0.15, -0.1) is 0 Å². The number of aryl methyl sites for hydroxylation is 2. The summed E-state index contributed by atoms with van der Waals surface area (Å²) in [7, 11) is 0. The molecule has 24 heavy (non-hydrogen) atoms. The predicted octanol–water partition coefficient (Wildman–Crippen LogP) is 2.35. The Morgan fingerprint density at radius 2 is 1.29 bits per heavy atom. The minimum Gasteiger partial charge on any atom is -1.00 e. The number of halogens is 5. The number of hydrogen-bond donors (Lipinski definition) is 1. The smallest absolute Gasteiger partial charge is 0.161 e. The molecule has 0 amide bonds. The van der Waals surface area contributed by atoms with Gasteiger partial charge in [0.05, 0.1) is 21.2 Å². The molecule has 1 atom stereocenters. The third-order valence-corrected chi connectivity index (χ3v) is 6.54. The van der Waals surface area contributed by atoms with Crippen LogP contribution in [0, 0.1) is 13.8 Å². The molecule has 1 fully saturated rings. The van der Waals surface area contributed by atoms with Gasteiger partial charge in [-0.2, -0.15) is 0 Å². The summed E-state index contributed by atoms with van der Waals surface area (Å²) in [6.45, 7) is 7.28. The molecule has 2 aromatic rings. The number of anilines is 1. The number of benzene rings is 2. The van der Waals surface area contributed by atoms with E-state index in [0.29, 0.717) is 0 Å². The summed E-state index contributed by atoms with van der Waals surface area (Å²) in [6, 6.07) is 8.73. The van der Waals surface area contributed by atoms with E-state index < -0.39 is 0 Å². The van der Waals surface area contributed by atoms with Crippen LogP contribution in [0.4, 0.5) is 11.4 Å². The summed E-state index contributed by atoms with van der Waals surface area (Å²) in [5, 5.41) is 0. The highest BCUT2D eigenvalue weighted by molar-refractivity contribution is 9.11. The molecular formula is C17H17Br4ClN2. The Morgan fingerprint density at radius 1 is 0.833 bits per heavy atom. The molecule has 130 valence electrons. The van der Waals surface area contributed by atoms with E-state index in [9.17, 15) is 0 Å². The van der Waals surface area contributed by atoms with E-state index in [1.54, 1.807) is 0 Å². The van der Waals surface area contributed by atoms with Crippen molar-refractivity contribution in [1.29, 1.82) is 0 Å². The van der Waals surface area contributed by atoms with Crippen LogP contribution in [0.25, 0.3) is 0 Å². The lowest BCUT2D eigenvalue weighted by Crippen LogP contribution is -3.06. The molecule has 0 saturated carbocycles. The van der Waals surface area contributed by atoms with Gasteiger partial charge < -0.3 is 17.3 Å². The van der Waals surface area contributed by atoms with Gasteiger partial charge in [-0.05, 0) is 113 Å². The highest BCUT2D eigenvalue weighted by Crippen LogP contribution is 2.36. The number of nitrogens with zero attached hydrogens (tertiary/aromatic N) is 1. The molecule has 1 N–H and O–H groups in total. The molecule has 0 radical (unpaired) electrons. The highest BCUT2D eigenvalue weighted by atomic mass is 79.9. The summed E-state index contributed by atoms with van der Waals surface area (Å²) in [4.78, 5) is 3.89. The molecule has 0 aromatic heterocycles. The van der Waals surface area contributed by atoms with Crippen LogP contribution in [0.5, 0.6) is 0 Å². The summed E-state index contributed by atoms with van der Waals surface area (Å²) >= 11 is 14.9. The van der Waals surface area contributed by atoms with Crippen molar-refractivity contribution in [3.8, 4) is 0 Å². The fourth-order valence-electron chi connectivity index (χ4n) is 3.09. The molecule has 7 heteroatoms. The van der Waals surface area contributed by atoms with Gasteiger partial charge in [-0.3, -0.25) is 4.90 Å². The first-order valence-electron chi connectivity index (χ1n) is 7.38. The molecule has 0 spiro atoms. The maximum absolute atomic E-state index is 3.73. The van der Waals surface area contributed by atoms with E-state index in [1.165, 1.54) is 36.3 Å². The van der Waals surface area contributed by atoms with Gasteiger partial charge in [0.2, 0.25) is 0 Å². The van der Waals surface area contributed by atoms with E-state index in [1.807, 2.05) is 0 Å². The lowest BCUT2D eigenvalue weighted by molar-refractivity contribution is -0.818. The first-order chi connectivity index (χ1) is 10.9. The van der Waals surface area contributed by atoms with Gasteiger partial charge in [-0.25, -0.2) is 0 Å². The second-order valence-corrected chi connectivity index (χ2v) is 9.37. The lowest BCUT2D eigenvalue weighted by atomic mass is 10.2. The molecule has 1 aliphatic heterocycles. The summed E-state index contributed by atoms with van der Waals surface area (Å²) in [5.74, 6) is 0. The summed E-state index contributed by atoms with van der Waals surface area (Å²) < 4.78 is 4.63. The normalized spacial score (nSPS) is 17.1. The quantitative estimate of drug-likeness (QED) is 0.554. The fourth-order valence-corrected chi connectivity index (χ4v) is 6.98. The minimum atomic E-state index is 0. The average Bonchev–Trinajstić information content (AvgIpc) is 2.85. The summed E-state index contributed by atoms with van der Waals surface area (Å²) in [5.41, 5.74) is 5.05. The first kappa shape index (κ1) is 20.7. The Bertz CT molecular complexity index is 657. The number of quaternary nitrogens is 1. The Labute approximate surface area is 182 Å². The van der Waals surface area contributed by atoms with Crippen molar-refractivity contribution in [2.24, 2.45) is 0 Å². The van der Waals surface area contributed by atoms with Gasteiger partial charge in [0, 0.05) is 8.95 Å². The van der Waals surface area contributed by atoms with Crippen LogP contribution in [0.15, 0.2) is 42.2 Å². The molecular weight excluding hydrogens is 587 g/mol. The highest BCUT2D eigenvalue weighted by Gasteiger charge is 2.30. The van der Waals surface area contributed by atoms with E-state index in [0.717, 1.165) is 28.7 Å². The van der Waals surface area contributed by atoms with Crippen molar-refractivity contribution in [1.82, 2.24) is 0 Å². The van der Waals surface area contributed by atoms with Gasteiger partial charge in [0.25, 0.3) is 0 Å². The molecule has 0 aliphatic carbocycles.